The second-order valence-corrected chi connectivity index (χ2v) is 6.93. The average Bonchev–Trinajstić information content (AvgIpc) is 3.00. The third-order valence-corrected chi connectivity index (χ3v) is 5.45. The molecule has 1 saturated heterocycles. The van der Waals surface area contributed by atoms with Crippen LogP contribution in [0.3, 0.4) is 0 Å². The van der Waals surface area contributed by atoms with E-state index < -0.39 is 6.10 Å². The fourth-order valence-electron chi connectivity index (χ4n) is 4.04. The number of piperidine rings is 1. The van der Waals surface area contributed by atoms with Gasteiger partial charge >= 0.3 is 0 Å². The summed E-state index contributed by atoms with van der Waals surface area (Å²) in [6.45, 7) is 1.69. The molecule has 130 valence electrons. The predicted molar refractivity (Wildman–Crippen MR) is 96.1 cm³/mol. The molecule has 2 atom stereocenters. The van der Waals surface area contributed by atoms with E-state index in [9.17, 15) is 9.90 Å². The molecule has 2 heterocycles. The number of hydrogen-bond donors (Lipinski definition) is 2. The standard InChI is InChI=1S/C20H23N3O2/c24-19-16-6-2-1-5-15(16)13-17(19)23-11-8-14(9-12-23)20(25)22-18-7-3-4-10-21-18/h1-7,10,14,17,19,24H,8-9,11-13H2,(H,21,22,25)/t17-,19+/m1/s1. The number of aromatic nitrogens is 1. The van der Waals surface area contributed by atoms with Crippen molar-refractivity contribution < 1.29 is 9.90 Å². The van der Waals surface area contributed by atoms with Crippen molar-refractivity contribution in [3.63, 3.8) is 0 Å². The fraction of sp³-hybridized carbons (Fsp3) is 0.400. The Labute approximate surface area is 147 Å². The number of aliphatic hydroxyl groups excluding tert-OH is 1. The molecule has 1 fully saturated rings. The van der Waals surface area contributed by atoms with Crippen LogP contribution in [0.25, 0.3) is 0 Å². The molecule has 4 rings (SSSR count). The van der Waals surface area contributed by atoms with Crippen LogP contribution < -0.4 is 5.32 Å². The summed E-state index contributed by atoms with van der Waals surface area (Å²) in [5.41, 5.74) is 2.30. The van der Waals surface area contributed by atoms with E-state index in [4.69, 9.17) is 0 Å². The minimum atomic E-state index is -0.421. The smallest absolute Gasteiger partial charge is 0.228 e. The summed E-state index contributed by atoms with van der Waals surface area (Å²) in [5, 5.41) is 13.5. The number of hydrogen-bond acceptors (Lipinski definition) is 4. The van der Waals surface area contributed by atoms with Gasteiger partial charge in [0.15, 0.2) is 0 Å². The Morgan fingerprint density at radius 1 is 1.12 bits per heavy atom. The molecule has 25 heavy (non-hydrogen) atoms. The highest BCUT2D eigenvalue weighted by molar-refractivity contribution is 5.91. The molecule has 5 heteroatoms. The van der Waals surface area contributed by atoms with Crippen LogP contribution in [-0.4, -0.2) is 40.0 Å². The zero-order valence-corrected chi connectivity index (χ0v) is 14.1. The highest BCUT2D eigenvalue weighted by Crippen LogP contribution is 2.36. The van der Waals surface area contributed by atoms with E-state index in [1.165, 1.54) is 5.56 Å². The number of aliphatic hydroxyl groups is 1. The van der Waals surface area contributed by atoms with Crippen LogP contribution in [0.5, 0.6) is 0 Å². The Morgan fingerprint density at radius 3 is 2.60 bits per heavy atom. The maximum atomic E-state index is 12.4. The summed E-state index contributed by atoms with van der Waals surface area (Å²) in [5.74, 6) is 0.671. The highest BCUT2D eigenvalue weighted by atomic mass is 16.3. The van der Waals surface area contributed by atoms with Gasteiger partial charge in [0.25, 0.3) is 0 Å². The van der Waals surface area contributed by atoms with E-state index in [1.807, 2.05) is 30.3 Å². The Bertz CT molecular complexity index is 742. The van der Waals surface area contributed by atoms with E-state index in [1.54, 1.807) is 12.3 Å². The second-order valence-electron chi connectivity index (χ2n) is 6.93. The van der Waals surface area contributed by atoms with E-state index in [0.717, 1.165) is 37.9 Å². The van der Waals surface area contributed by atoms with Gasteiger partial charge in [-0.2, -0.15) is 0 Å². The topological polar surface area (TPSA) is 65.5 Å². The van der Waals surface area contributed by atoms with E-state index in [2.05, 4.69) is 21.3 Å². The number of carbonyl (C=O) groups excluding carboxylic acids is 1. The van der Waals surface area contributed by atoms with Gasteiger partial charge < -0.3 is 10.4 Å². The van der Waals surface area contributed by atoms with Gasteiger partial charge in [0.2, 0.25) is 5.91 Å². The van der Waals surface area contributed by atoms with Crippen molar-refractivity contribution in [2.24, 2.45) is 5.92 Å². The molecule has 2 aromatic rings. The number of pyridine rings is 1. The lowest BCUT2D eigenvalue weighted by molar-refractivity contribution is -0.121. The third-order valence-electron chi connectivity index (χ3n) is 5.45. The van der Waals surface area contributed by atoms with Crippen molar-refractivity contribution in [3.8, 4) is 0 Å². The zero-order valence-electron chi connectivity index (χ0n) is 14.1. The molecular weight excluding hydrogens is 314 g/mol. The van der Waals surface area contributed by atoms with Gasteiger partial charge in [-0.15, -0.1) is 0 Å². The van der Waals surface area contributed by atoms with Crippen LogP contribution in [0.2, 0.25) is 0 Å². The number of carbonyl (C=O) groups is 1. The molecule has 0 saturated carbocycles. The van der Waals surface area contributed by atoms with Crippen LogP contribution >= 0.6 is 0 Å². The molecular formula is C20H23N3O2. The van der Waals surface area contributed by atoms with Crippen LogP contribution in [0, 0.1) is 5.92 Å². The summed E-state index contributed by atoms with van der Waals surface area (Å²) < 4.78 is 0. The summed E-state index contributed by atoms with van der Waals surface area (Å²) in [7, 11) is 0. The van der Waals surface area contributed by atoms with E-state index in [-0.39, 0.29) is 17.9 Å². The van der Waals surface area contributed by atoms with Crippen LogP contribution in [0.1, 0.15) is 30.1 Å². The number of anilines is 1. The largest absolute Gasteiger partial charge is 0.387 e. The predicted octanol–water partition coefficient (Wildman–Crippen LogP) is 2.39. The highest BCUT2D eigenvalue weighted by Gasteiger charge is 2.37. The molecule has 5 nitrogen and oxygen atoms in total. The van der Waals surface area contributed by atoms with Crippen LogP contribution in [-0.2, 0) is 11.2 Å². The minimum absolute atomic E-state index is 0.0131. The Balaban J connectivity index is 1.34. The maximum Gasteiger partial charge on any atom is 0.228 e. The van der Waals surface area contributed by atoms with Gasteiger partial charge in [-0.25, -0.2) is 4.98 Å². The quantitative estimate of drug-likeness (QED) is 0.903. The molecule has 0 radical (unpaired) electrons. The zero-order chi connectivity index (χ0) is 17.2. The van der Waals surface area contributed by atoms with Gasteiger partial charge in [-0.1, -0.05) is 30.3 Å². The van der Waals surface area contributed by atoms with Gasteiger partial charge in [-0.05, 0) is 55.6 Å². The number of amides is 1. The molecule has 1 amide bonds. The monoisotopic (exact) mass is 337 g/mol. The average molecular weight is 337 g/mol. The molecule has 1 aliphatic heterocycles. The molecule has 2 aliphatic rings. The van der Waals surface area contributed by atoms with Crippen molar-refractivity contribution in [2.75, 3.05) is 18.4 Å². The van der Waals surface area contributed by atoms with Crippen LogP contribution in [0.4, 0.5) is 5.82 Å². The van der Waals surface area contributed by atoms with Gasteiger partial charge in [-0.3, -0.25) is 9.69 Å². The van der Waals surface area contributed by atoms with Gasteiger partial charge in [0.1, 0.15) is 5.82 Å². The molecule has 1 aliphatic carbocycles. The maximum absolute atomic E-state index is 12.4. The molecule has 0 spiro atoms. The molecule has 1 aromatic carbocycles. The number of nitrogens with one attached hydrogen (secondary N) is 1. The third kappa shape index (κ3) is 3.30. The summed E-state index contributed by atoms with van der Waals surface area (Å²) >= 11 is 0. The summed E-state index contributed by atoms with van der Waals surface area (Å²) in [4.78, 5) is 18.9. The SMILES string of the molecule is O=C(Nc1ccccn1)C1CCN([C@@H]2Cc3ccccc3[C@@H]2O)CC1. The van der Waals surface area contributed by atoms with E-state index >= 15 is 0 Å². The lowest BCUT2D eigenvalue weighted by Crippen LogP contribution is -2.45. The Hall–Kier alpha value is -2.24. The van der Waals surface area contributed by atoms with Crippen LogP contribution in [0.15, 0.2) is 48.7 Å². The fourth-order valence-corrected chi connectivity index (χ4v) is 4.04. The molecule has 0 bridgehead atoms. The van der Waals surface area contributed by atoms with Crippen molar-refractivity contribution in [3.05, 3.63) is 59.8 Å². The first-order valence-corrected chi connectivity index (χ1v) is 8.94. The Kier molecular flexibility index (Phi) is 4.51. The van der Waals surface area contributed by atoms with Gasteiger partial charge in [0.05, 0.1) is 6.10 Å². The summed E-state index contributed by atoms with van der Waals surface area (Å²) in [6, 6.07) is 13.8. The first kappa shape index (κ1) is 16.2. The number of likely N-dealkylation sites (tertiary alicyclic amines) is 1. The number of rotatable bonds is 3. The van der Waals surface area contributed by atoms with Crippen molar-refractivity contribution >= 4 is 11.7 Å². The lowest BCUT2D eigenvalue weighted by atomic mass is 9.94. The minimum Gasteiger partial charge on any atom is -0.387 e. The van der Waals surface area contributed by atoms with Crippen molar-refractivity contribution in [1.82, 2.24) is 9.88 Å². The number of nitrogens with zero attached hydrogens (tertiary/aromatic N) is 2. The van der Waals surface area contributed by atoms with E-state index in [0.29, 0.717) is 5.82 Å². The number of fused-ring (bicyclic) bond motifs is 1. The lowest BCUT2D eigenvalue weighted by Gasteiger charge is -2.36. The Morgan fingerprint density at radius 2 is 1.88 bits per heavy atom. The summed E-state index contributed by atoms with van der Waals surface area (Å²) in [6.07, 6.45) is 3.78. The van der Waals surface area contributed by atoms with Crippen molar-refractivity contribution in [2.45, 2.75) is 31.4 Å². The number of benzene rings is 1. The normalized spacial score (nSPS) is 24.0. The second kappa shape index (κ2) is 6.94. The molecule has 2 N–H and O–H groups in total. The molecule has 1 aromatic heterocycles. The molecule has 0 unspecified atom stereocenters. The van der Waals surface area contributed by atoms with Gasteiger partial charge in [0, 0.05) is 18.2 Å². The van der Waals surface area contributed by atoms with Crippen molar-refractivity contribution in [1.29, 1.82) is 0 Å². The first-order valence-electron chi connectivity index (χ1n) is 8.94. The first-order chi connectivity index (χ1) is 12.2.